The highest BCUT2D eigenvalue weighted by molar-refractivity contribution is 6.30. The van der Waals surface area contributed by atoms with Crippen LogP contribution >= 0.6 is 11.6 Å². The number of carbonyl (C=O) groups excluding carboxylic acids is 2. The molecule has 0 saturated heterocycles. The van der Waals surface area contributed by atoms with Crippen molar-refractivity contribution in [1.82, 2.24) is 0 Å². The lowest BCUT2D eigenvalue weighted by atomic mass is 9.96. The number of anilines is 1. The minimum Gasteiger partial charge on any atom is -0.460 e. The molecule has 1 aliphatic rings. The predicted molar refractivity (Wildman–Crippen MR) is 109 cm³/mol. The van der Waals surface area contributed by atoms with Crippen molar-refractivity contribution >= 4 is 40.1 Å². The molecule has 29 heavy (non-hydrogen) atoms. The third-order valence-electron chi connectivity index (χ3n) is 5.05. The highest BCUT2D eigenvalue weighted by atomic mass is 35.5. The summed E-state index contributed by atoms with van der Waals surface area (Å²) in [5.74, 6) is -0.551. The summed E-state index contributed by atoms with van der Waals surface area (Å²) in [5.41, 5.74) is 1.06. The number of ether oxygens (including phenoxy) is 1. The maximum absolute atomic E-state index is 12.8. The van der Waals surface area contributed by atoms with E-state index in [4.69, 9.17) is 20.8 Å². The van der Waals surface area contributed by atoms with Gasteiger partial charge in [-0.3, -0.25) is 9.59 Å². The standard InChI is InChI=1S/C22H18ClNO5/c1-13(25)24-17-6-7-18-14(10-20(26)29-19(18)11-17)12-28-21(27)22(8-9-22)15-2-4-16(23)5-3-15/h2-7,10-11H,8-9,12H2,1H3,(H,24,25). The maximum atomic E-state index is 12.8. The maximum Gasteiger partial charge on any atom is 0.336 e. The van der Waals surface area contributed by atoms with E-state index in [0.29, 0.717) is 40.1 Å². The summed E-state index contributed by atoms with van der Waals surface area (Å²) >= 11 is 5.93. The van der Waals surface area contributed by atoms with E-state index in [1.54, 1.807) is 30.3 Å². The first kappa shape index (κ1) is 19.2. The van der Waals surface area contributed by atoms with Crippen LogP contribution in [0.4, 0.5) is 5.69 Å². The van der Waals surface area contributed by atoms with Gasteiger partial charge in [-0.15, -0.1) is 0 Å². The molecule has 4 rings (SSSR count). The summed E-state index contributed by atoms with van der Waals surface area (Å²) in [4.78, 5) is 35.9. The fraction of sp³-hybridized carbons (Fsp3) is 0.227. The van der Waals surface area contributed by atoms with Crippen molar-refractivity contribution in [2.75, 3.05) is 5.32 Å². The van der Waals surface area contributed by atoms with E-state index >= 15 is 0 Å². The molecule has 1 fully saturated rings. The van der Waals surface area contributed by atoms with Crippen LogP contribution < -0.4 is 10.9 Å². The average Bonchev–Trinajstić information content (AvgIpc) is 3.47. The fourth-order valence-electron chi connectivity index (χ4n) is 3.42. The second-order valence-corrected chi connectivity index (χ2v) is 7.58. The minimum absolute atomic E-state index is 0.0459. The van der Waals surface area contributed by atoms with Crippen LogP contribution in [0.2, 0.25) is 5.02 Å². The van der Waals surface area contributed by atoms with Crippen molar-refractivity contribution < 1.29 is 18.7 Å². The van der Waals surface area contributed by atoms with Crippen molar-refractivity contribution in [3.05, 3.63) is 75.1 Å². The summed E-state index contributed by atoms with van der Waals surface area (Å²) in [6.45, 7) is 1.35. The molecular formula is C22H18ClNO5. The normalized spacial score (nSPS) is 14.4. The SMILES string of the molecule is CC(=O)Nc1ccc2c(COC(=O)C3(c4ccc(Cl)cc4)CC3)cc(=O)oc2c1. The first-order chi connectivity index (χ1) is 13.9. The van der Waals surface area contributed by atoms with Gasteiger partial charge in [0.1, 0.15) is 12.2 Å². The van der Waals surface area contributed by atoms with Crippen LogP contribution in [0.5, 0.6) is 0 Å². The van der Waals surface area contributed by atoms with Gasteiger partial charge in [0.15, 0.2) is 0 Å². The molecule has 1 N–H and O–H groups in total. The van der Waals surface area contributed by atoms with Crippen LogP contribution in [-0.2, 0) is 26.3 Å². The largest absolute Gasteiger partial charge is 0.460 e. The number of hydrogen-bond donors (Lipinski definition) is 1. The fourth-order valence-corrected chi connectivity index (χ4v) is 3.54. The number of carbonyl (C=O) groups is 2. The number of rotatable bonds is 5. The Kier molecular flexibility index (Phi) is 4.88. The van der Waals surface area contributed by atoms with Crippen molar-refractivity contribution in [2.24, 2.45) is 0 Å². The number of amides is 1. The molecule has 1 aliphatic carbocycles. The number of esters is 1. The lowest BCUT2D eigenvalue weighted by Gasteiger charge is -2.15. The molecule has 6 nitrogen and oxygen atoms in total. The first-order valence-corrected chi connectivity index (χ1v) is 9.53. The Morgan fingerprint density at radius 1 is 1.14 bits per heavy atom. The molecule has 0 bridgehead atoms. The molecule has 1 heterocycles. The van der Waals surface area contributed by atoms with Gasteiger partial charge >= 0.3 is 11.6 Å². The Labute approximate surface area is 171 Å². The minimum atomic E-state index is -0.640. The van der Waals surface area contributed by atoms with Gasteiger partial charge in [-0.25, -0.2) is 4.79 Å². The molecule has 0 atom stereocenters. The Morgan fingerprint density at radius 2 is 1.86 bits per heavy atom. The van der Waals surface area contributed by atoms with E-state index in [-0.39, 0.29) is 18.5 Å². The molecule has 0 aliphatic heterocycles. The van der Waals surface area contributed by atoms with Gasteiger partial charge < -0.3 is 14.5 Å². The first-order valence-electron chi connectivity index (χ1n) is 9.15. The van der Waals surface area contributed by atoms with Crippen LogP contribution in [-0.4, -0.2) is 11.9 Å². The number of nitrogens with one attached hydrogen (secondary N) is 1. The number of benzene rings is 2. The van der Waals surface area contributed by atoms with Gasteiger partial charge in [-0.1, -0.05) is 23.7 Å². The third-order valence-corrected chi connectivity index (χ3v) is 5.30. The highest BCUT2D eigenvalue weighted by Crippen LogP contribution is 2.49. The summed E-state index contributed by atoms with van der Waals surface area (Å²) in [6.07, 6.45) is 1.43. The van der Waals surface area contributed by atoms with Gasteiger partial charge in [0, 0.05) is 40.7 Å². The molecule has 2 aromatic carbocycles. The summed E-state index contributed by atoms with van der Waals surface area (Å²) in [5, 5.41) is 3.89. The molecule has 148 valence electrons. The van der Waals surface area contributed by atoms with Gasteiger partial charge in [0.05, 0.1) is 5.41 Å². The van der Waals surface area contributed by atoms with Gasteiger partial charge in [0.25, 0.3) is 0 Å². The van der Waals surface area contributed by atoms with Gasteiger partial charge in [-0.2, -0.15) is 0 Å². The quantitative estimate of drug-likeness (QED) is 0.502. The summed E-state index contributed by atoms with van der Waals surface area (Å²) in [6, 6.07) is 13.5. The molecule has 7 heteroatoms. The van der Waals surface area contributed by atoms with E-state index < -0.39 is 11.0 Å². The van der Waals surface area contributed by atoms with Gasteiger partial charge in [-0.05, 0) is 42.7 Å². The number of hydrogen-bond acceptors (Lipinski definition) is 5. The van der Waals surface area contributed by atoms with Crippen molar-refractivity contribution in [2.45, 2.75) is 31.8 Å². The molecule has 1 saturated carbocycles. The lowest BCUT2D eigenvalue weighted by Crippen LogP contribution is -2.23. The molecular weight excluding hydrogens is 394 g/mol. The number of halogens is 1. The van der Waals surface area contributed by atoms with Crippen molar-refractivity contribution in [3.8, 4) is 0 Å². The third kappa shape index (κ3) is 3.89. The van der Waals surface area contributed by atoms with E-state index in [1.165, 1.54) is 13.0 Å². The molecule has 1 amide bonds. The smallest absolute Gasteiger partial charge is 0.336 e. The average molecular weight is 412 g/mol. The van der Waals surface area contributed by atoms with Crippen LogP contribution in [0, 0.1) is 0 Å². The molecule has 1 aromatic heterocycles. The van der Waals surface area contributed by atoms with Crippen molar-refractivity contribution in [3.63, 3.8) is 0 Å². The Hall–Kier alpha value is -3.12. The van der Waals surface area contributed by atoms with E-state index in [2.05, 4.69) is 5.32 Å². The monoisotopic (exact) mass is 411 g/mol. The second kappa shape index (κ2) is 7.37. The zero-order valence-electron chi connectivity index (χ0n) is 15.7. The summed E-state index contributed by atoms with van der Waals surface area (Å²) < 4.78 is 10.8. The number of fused-ring (bicyclic) bond motifs is 1. The zero-order valence-corrected chi connectivity index (χ0v) is 16.4. The topological polar surface area (TPSA) is 85.6 Å². The van der Waals surface area contributed by atoms with Crippen molar-refractivity contribution in [1.29, 1.82) is 0 Å². The second-order valence-electron chi connectivity index (χ2n) is 7.15. The molecule has 0 spiro atoms. The van der Waals surface area contributed by atoms with E-state index in [9.17, 15) is 14.4 Å². The van der Waals surface area contributed by atoms with Crippen LogP contribution in [0.1, 0.15) is 30.9 Å². The Balaban J connectivity index is 1.56. The molecule has 0 unspecified atom stereocenters. The summed E-state index contributed by atoms with van der Waals surface area (Å²) in [7, 11) is 0. The molecule has 3 aromatic rings. The van der Waals surface area contributed by atoms with E-state index in [0.717, 1.165) is 5.56 Å². The van der Waals surface area contributed by atoms with Crippen LogP contribution in [0.15, 0.2) is 57.7 Å². The van der Waals surface area contributed by atoms with Crippen LogP contribution in [0.25, 0.3) is 11.0 Å². The zero-order chi connectivity index (χ0) is 20.6. The van der Waals surface area contributed by atoms with E-state index in [1.807, 2.05) is 12.1 Å². The predicted octanol–water partition coefficient (Wildman–Crippen LogP) is 4.18. The Morgan fingerprint density at radius 3 is 2.52 bits per heavy atom. The highest BCUT2D eigenvalue weighted by Gasteiger charge is 2.52. The van der Waals surface area contributed by atoms with Gasteiger partial charge in [0.2, 0.25) is 5.91 Å². The lowest BCUT2D eigenvalue weighted by molar-refractivity contribution is -0.148. The Bertz CT molecular complexity index is 1160. The molecule has 0 radical (unpaired) electrons. The van der Waals surface area contributed by atoms with Crippen LogP contribution in [0.3, 0.4) is 0 Å².